The van der Waals surface area contributed by atoms with Crippen molar-refractivity contribution in [1.82, 2.24) is 0 Å². The highest BCUT2D eigenvalue weighted by Gasteiger charge is 2.11. The van der Waals surface area contributed by atoms with Gasteiger partial charge in [-0.3, -0.25) is 4.72 Å². The third-order valence-electron chi connectivity index (χ3n) is 4.96. The number of ether oxygens (including phenoxy) is 3. The fourth-order valence-corrected chi connectivity index (χ4v) is 3.74. The molecule has 0 atom stereocenters. The van der Waals surface area contributed by atoms with E-state index in [4.69, 9.17) is 14.2 Å². The summed E-state index contributed by atoms with van der Waals surface area (Å²) in [5.41, 5.74) is 2.49. The molecule has 192 valence electrons. The van der Waals surface area contributed by atoms with E-state index < -0.39 is 16.0 Å². The van der Waals surface area contributed by atoms with Crippen LogP contribution in [0.4, 0.5) is 5.69 Å². The summed E-state index contributed by atoms with van der Waals surface area (Å²) >= 11 is 0. The first kappa shape index (κ1) is 28.2. The number of anilines is 1. The summed E-state index contributed by atoms with van der Waals surface area (Å²) in [4.78, 5) is 11.6. The zero-order valence-corrected chi connectivity index (χ0v) is 21.4. The first-order valence-corrected chi connectivity index (χ1v) is 13.6. The molecule has 35 heavy (non-hydrogen) atoms. The summed E-state index contributed by atoms with van der Waals surface area (Å²) in [5, 5.41) is 9.51. The third-order valence-corrected chi connectivity index (χ3v) is 5.57. The molecule has 2 aromatic carbocycles. The zero-order chi connectivity index (χ0) is 25.7. The highest BCUT2D eigenvalue weighted by atomic mass is 32.2. The molecule has 9 heteroatoms. The van der Waals surface area contributed by atoms with E-state index in [1.807, 2.05) is 19.1 Å². The van der Waals surface area contributed by atoms with E-state index in [0.29, 0.717) is 62.0 Å². The standard InChI is InChI=1S/C26H35NO7S/c1-4-6-15-33-25-19-21(18-22(26(28)29)14-16-32-5-2)9-12-24(25)34-17-13-20-7-10-23(11-8-20)27-35(3,30)31/h7-12,18-19,27H,4-6,13-17H2,1-3H3,(H,28,29)/b22-18-. The quantitative estimate of drug-likeness (QED) is 0.250. The maximum atomic E-state index is 11.6. The van der Waals surface area contributed by atoms with Gasteiger partial charge in [0.05, 0.1) is 26.1 Å². The molecule has 0 saturated carbocycles. The maximum Gasteiger partial charge on any atom is 0.331 e. The van der Waals surface area contributed by atoms with Crippen molar-refractivity contribution in [3.63, 3.8) is 0 Å². The Morgan fingerprint density at radius 3 is 2.34 bits per heavy atom. The van der Waals surface area contributed by atoms with Crippen LogP contribution in [0, 0.1) is 0 Å². The van der Waals surface area contributed by atoms with E-state index in [-0.39, 0.29) is 5.57 Å². The molecule has 2 aromatic rings. The molecule has 0 saturated heterocycles. The second kappa shape index (κ2) is 14.4. The molecule has 0 aliphatic heterocycles. The van der Waals surface area contributed by atoms with E-state index in [9.17, 15) is 18.3 Å². The van der Waals surface area contributed by atoms with Crippen molar-refractivity contribution in [2.45, 2.75) is 39.5 Å². The average Bonchev–Trinajstić information content (AvgIpc) is 2.80. The van der Waals surface area contributed by atoms with E-state index in [2.05, 4.69) is 11.6 Å². The van der Waals surface area contributed by atoms with Gasteiger partial charge in [-0.05, 0) is 54.8 Å². The molecular formula is C26H35NO7S. The van der Waals surface area contributed by atoms with Gasteiger partial charge in [0.25, 0.3) is 0 Å². The van der Waals surface area contributed by atoms with Gasteiger partial charge >= 0.3 is 5.97 Å². The fraction of sp³-hybridized carbons (Fsp3) is 0.423. The summed E-state index contributed by atoms with van der Waals surface area (Å²) in [6, 6.07) is 12.5. The van der Waals surface area contributed by atoms with Crippen molar-refractivity contribution in [2.75, 3.05) is 37.4 Å². The van der Waals surface area contributed by atoms with Crippen molar-refractivity contribution in [3.05, 3.63) is 59.2 Å². The van der Waals surface area contributed by atoms with Crippen LogP contribution in [0.3, 0.4) is 0 Å². The molecule has 0 bridgehead atoms. The van der Waals surface area contributed by atoms with Gasteiger partial charge in [0.1, 0.15) is 0 Å². The second-order valence-electron chi connectivity index (χ2n) is 8.00. The number of unbranched alkanes of at least 4 members (excludes halogenated alkanes) is 1. The van der Waals surface area contributed by atoms with Crippen LogP contribution < -0.4 is 14.2 Å². The number of sulfonamides is 1. The Balaban J connectivity index is 2.09. The van der Waals surface area contributed by atoms with E-state index >= 15 is 0 Å². The SMILES string of the molecule is CCCCOc1cc(/C=C(/CCOCC)C(=O)O)ccc1OCCc1ccc(NS(C)(=O)=O)cc1. The van der Waals surface area contributed by atoms with Gasteiger partial charge in [-0.2, -0.15) is 0 Å². The third kappa shape index (κ3) is 10.8. The predicted octanol–water partition coefficient (Wildman–Crippen LogP) is 4.75. The number of carboxylic acids is 1. The van der Waals surface area contributed by atoms with Crippen molar-refractivity contribution in [3.8, 4) is 11.5 Å². The Morgan fingerprint density at radius 1 is 1.00 bits per heavy atom. The topological polar surface area (TPSA) is 111 Å². The molecule has 0 heterocycles. The molecule has 0 amide bonds. The van der Waals surface area contributed by atoms with Gasteiger partial charge in [0, 0.05) is 30.7 Å². The van der Waals surface area contributed by atoms with Crippen LogP contribution in [0.2, 0.25) is 0 Å². The van der Waals surface area contributed by atoms with Crippen LogP contribution in [0.5, 0.6) is 11.5 Å². The number of carbonyl (C=O) groups is 1. The van der Waals surface area contributed by atoms with Crippen LogP contribution in [-0.4, -0.2) is 52.2 Å². The lowest BCUT2D eigenvalue weighted by Gasteiger charge is -2.14. The maximum absolute atomic E-state index is 11.6. The monoisotopic (exact) mass is 505 g/mol. The molecule has 2 N–H and O–H groups in total. The zero-order valence-electron chi connectivity index (χ0n) is 20.6. The van der Waals surface area contributed by atoms with Crippen molar-refractivity contribution in [1.29, 1.82) is 0 Å². The molecular weight excluding hydrogens is 470 g/mol. The number of aliphatic carboxylic acids is 1. The molecule has 0 aliphatic rings. The summed E-state index contributed by atoms with van der Waals surface area (Å²) in [6.45, 7) is 5.76. The van der Waals surface area contributed by atoms with Gasteiger partial charge in [-0.15, -0.1) is 0 Å². The van der Waals surface area contributed by atoms with E-state index in [1.54, 1.807) is 36.4 Å². The normalized spacial score (nSPS) is 11.8. The number of benzene rings is 2. The summed E-state index contributed by atoms with van der Waals surface area (Å²) in [7, 11) is -3.31. The van der Waals surface area contributed by atoms with Crippen LogP contribution in [-0.2, 0) is 26.0 Å². The van der Waals surface area contributed by atoms with Gasteiger partial charge < -0.3 is 19.3 Å². The van der Waals surface area contributed by atoms with Gasteiger partial charge in [0.15, 0.2) is 11.5 Å². The Kier molecular flexibility index (Phi) is 11.6. The van der Waals surface area contributed by atoms with E-state index in [0.717, 1.165) is 24.7 Å². The largest absolute Gasteiger partial charge is 0.490 e. The van der Waals surface area contributed by atoms with Crippen molar-refractivity contribution < 1.29 is 32.5 Å². The minimum Gasteiger partial charge on any atom is -0.490 e. The molecule has 8 nitrogen and oxygen atoms in total. The summed E-state index contributed by atoms with van der Waals surface area (Å²) < 4.78 is 42.3. The lowest BCUT2D eigenvalue weighted by molar-refractivity contribution is -0.132. The Labute approximate surface area is 208 Å². The molecule has 2 rings (SSSR count). The van der Waals surface area contributed by atoms with Crippen LogP contribution >= 0.6 is 0 Å². The van der Waals surface area contributed by atoms with Crippen LogP contribution in [0.1, 0.15) is 44.2 Å². The average molecular weight is 506 g/mol. The molecule has 0 fully saturated rings. The Bertz CT molecular complexity index is 1080. The first-order chi connectivity index (χ1) is 16.7. The highest BCUT2D eigenvalue weighted by Crippen LogP contribution is 2.30. The van der Waals surface area contributed by atoms with Gasteiger partial charge in [-0.25, -0.2) is 13.2 Å². The predicted molar refractivity (Wildman–Crippen MR) is 138 cm³/mol. The molecule has 0 unspecified atom stereocenters. The van der Waals surface area contributed by atoms with Crippen LogP contribution in [0.15, 0.2) is 48.0 Å². The van der Waals surface area contributed by atoms with E-state index in [1.165, 1.54) is 0 Å². The van der Waals surface area contributed by atoms with Gasteiger partial charge in [0.2, 0.25) is 10.0 Å². The summed E-state index contributed by atoms with van der Waals surface area (Å²) in [6.07, 6.45) is 5.55. The first-order valence-electron chi connectivity index (χ1n) is 11.7. The number of hydrogen-bond donors (Lipinski definition) is 2. The lowest BCUT2D eigenvalue weighted by atomic mass is 10.1. The molecule has 0 aromatic heterocycles. The fourth-order valence-electron chi connectivity index (χ4n) is 3.17. The van der Waals surface area contributed by atoms with Gasteiger partial charge in [-0.1, -0.05) is 31.5 Å². The number of rotatable bonds is 16. The minimum absolute atomic E-state index is 0.264. The second-order valence-corrected chi connectivity index (χ2v) is 9.75. The molecule has 0 aliphatic carbocycles. The molecule has 0 radical (unpaired) electrons. The number of nitrogens with one attached hydrogen (secondary N) is 1. The van der Waals surface area contributed by atoms with Crippen LogP contribution in [0.25, 0.3) is 6.08 Å². The number of hydrogen-bond acceptors (Lipinski definition) is 6. The Hall–Kier alpha value is -3.04. The van der Waals surface area contributed by atoms with Crippen molar-refractivity contribution >= 4 is 27.8 Å². The Morgan fingerprint density at radius 2 is 1.71 bits per heavy atom. The number of carboxylic acid groups (broad SMARTS) is 1. The van der Waals surface area contributed by atoms with Crippen molar-refractivity contribution in [2.24, 2.45) is 0 Å². The highest BCUT2D eigenvalue weighted by molar-refractivity contribution is 7.92. The lowest BCUT2D eigenvalue weighted by Crippen LogP contribution is -2.09. The molecule has 0 spiro atoms. The summed E-state index contributed by atoms with van der Waals surface area (Å²) in [5.74, 6) is 0.172. The minimum atomic E-state index is -3.31. The smallest absolute Gasteiger partial charge is 0.331 e.